The van der Waals surface area contributed by atoms with Crippen molar-refractivity contribution in [2.75, 3.05) is 19.8 Å². The molecule has 1 aromatic carbocycles. The van der Waals surface area contributed by atoms with Crippen LogP contribution in [0, 0.1) is 6.92 Å². The van der Waals surface area contributed by atoms with Crippen molar-refractivity contribution >= 4 is 41.7 Å². The third-order valence-corrected chi connectivity index (χ3v) is 4.35. The minimum Gasteiger partial charge on any atom is -0.356 e. The summed E-state index contributed by atoms with van der Waals surface area (Å²) in [6.07, 6.45) is 6.90. The van der Waals surface area contributed by atoms with E-state index in [0.29, 0.717) is 0 Å². The average molecular weight is 459 g/mol. The first-order chi connectivity index (χ1) is 11.2. The summed E-state index contributed by atoms with van der Waals surface area (Å²) in [6, 6.07) is 8.50. The van der Waals surface area contributed by atoms with Gasteiger partial charge in [0.05, 0.1) is 0 Å². The van der Waals surface area contributed by atoms with Crippen molar-refractivity contribution in [3.8, 4) is 0 Å². The van der Waals surface area contributed by atoms with Crippen molar-refractivity contribution in [3.05, 3.63) is 47.8 Å². The molecule has 2 rings (SSSR count). The predicted octanol–water partition coefficient (Wildman–Crippen LogP) is 3.29. The lowest BCUT2D eigenvalue weighted by atomic mass is 10.1. The van der Waals surface area contributed by atoms with Gasteiger partial charge in [-0.15, -0.1) is 35.7 Å². The first-order valence-electron chi connectivity index (χ1n) is 7.78. The van der Waals surface area contributed by atoms with Crippen molar-refractivity contribution in [2.24, 2.45) is 4.99 Å². The van der Waals surface area contributed by atoms with Crippen molar-refractivity contribution in [2.45, 2.75) is 31.3 Å². The first kappa shape index (κ1) is 20.8. The molecule has 2 aromatic rings. The fourth-order valence-corrected chi connectivity index (χ4v) is 2.98. The number of rotatable bonds is 7. The van der Waals surface area contributed by atoms with Crippen molar-refractivity contribution < 1.29 is 0 Å². The smallest absolute Gasteiger partial charge is 0.191 e. The molecule has 0 fully saturated rings. The van der Waals surface area contributed by atoms with Gasteiger partial charge in [-0.3, -0.25) is 9.67 Å². The number of hydrogen-bond donors (Lipinski definition) is 2. The molecule has 0 aliphatic heterocycles. The Balaban J connectivity index is 0.00000288. The van der Waals surface area contributed by atoms with Gasteiger partial charge in [-0.1, -0.05) is 12.1 Å². The van der Waals surface area contributed by atoms with E-state index in [0.717, 1.165) is 32.0 Å². The topological polar surface area (TPSA) is 54.2 Å². The zero-order chi connectivity index (χ0) is 16.5. The van der Waals surface area contributed by atoms with Crippen molar-refractivity contribution in [1.82, 2.24) is 20.4 Å². The predicted molar refractivity (Wildman–Crippen MR) is 113 cm³/mol. The summed E-state index contributed by atoms with van der Waals surface area (Å²) < 4.78 is 1.94. The van der Waals surface area contributed by atoms with Gasteiger partial charge < -0.3 is 10.6 Å². The van der Waals surface area contributed by atoms with Crippen LogP contribution in [0.2, 0.25) is 0 Å². The van der Waals surface area contributed by atoms with E-state index in [2.05, 4.69) is 52.1 Å². The van der Waals surface area contributed by atoms with Crippen LogP contribution in [-0.2, 0) is 13.1 Å². The number of nitrogens with one attached hydrogen (secondary N) is 2. The first-order valence-corrected chi connectivity index (χ1v) is 9.01. The highest BCUT2D eigenvalue weighted by Crippen LogP contribution is 2.21. The van der Waals surface area contributed by atoms with Gasteiger partial charge in [-0.05, 0) is 42.9 Å². The van der Waals surface area contributed by atoms with E-state index in [1.165, 1.54) is 16.0 Å². The minimum atomic E-state index is 0. The molecule has 0 spiro atoms. The maximum absolute atomic E-state index is 4.28. The summed E-state index contributed by atoms with van der Waals surface area (Å²) in [6.45, 7) is 4.67. The lowest BCUT2D eigenvalue weighted by Crippen LogP contribution is -2.37. The number of thioether (sulfide) groups is 1. The highest BCUT2D eigenvalue weighted by atomic mass is 127. The monoisotopic (exact) mass is 459 g/mol. The molecular formula is C17H26IN5S. The number of guanidine groups is 1. The number of halogens is 1. The average Bonchev–Trinajstić information content (AvgIpc) is 3.08. The van der Waals surface area contributed by atoms with Crippen LogP contribution in [-0.4, -0.2) is 35.6 Å². The van der Waals surface area contributed by atoms with Crippen LogP contribution >= 0.6 is 35.7 Å². The highest BCUT2D eigenvalue weighted by molar-refractivity contribution is 14.0. The fourth-order valence-electron chi connectivity index (χ4n) is 2.28. The molecule has 5 nitrogen and oxygen atoms in total. The lowest BCUT2D eigenvalue weighted by molar-refractivity contribution is 0.570. The molecule has 1 heterocycles. The molecule has 24 heavy (non-hydrogen) atoms. The van der Waals surface area contributed by atoms with Gasteiger partial charge in [0, 0.05) is 44.0 Å². The van der Waals surface area contributed by atoms with Crippen LogP contribution in [0.25, 0.3) is 0 Å². The van der Waals surface area contributed by atoms with Crippen LogP contribution < -0.4 is 10.6 Å². The summed E-state index contributed by atoms with van der Waals surface area (Å²) >= 11 is 1.78. The van der Waals surface area contributed by atoms with E-state index in [-0.39, 0.29) is 24.0 Å². The van der Waals surface area contributed by atoms with Crippen molar-refractivity contribution in [1.29, 1.82) is 0 Å². The Morgan fingerprint density at radius 2 is 2.17 bits per heavy atom. The summed E-state index contributed by atoms with van der Waals surface area (Å²) in [5.41, 5.74) is 2.59. The van der Waals surface area contributed by atoms with E-state index in [1.54, 1.807) is 25.0 Å². The van der Waals surface area contributed by atoms with Crippen LogP contribution in [0.15, 0.2) is 46.5 Å². The highest BCUT2D eigenvalue weighted by Gasteiger charge is 2.03. The number of aromatic nitrogens is 2. The molecule has 7 heteroatoms. The lowest BCUT2D eigenvalue weighted by Gasteiger charge is -2.14. The zero-order valence-corrected chi connectivity index (χ0v) is 17.6. The Kier molecular flexibility index (Phi) is 9.85. The quantitative estimate of drug-likeness (QED) is 0.219. The van der Waals surface area contributed by atoms with E-state index < -0.39 is 0 Å². The number of aliphatic imine (C=N–C) groups is 1. The molecule has 132 valence electrons. The number of nitrogens with zero attached hydrogens (tertiary/aromatic N) is 3. The van der Waals surface area contributed by atoms with E-state index in [4.69, 9.17) is 0 Å². The third-order valence-electron chi connectivity index (χ3n) is 3.53. The standard InChI is InChI=1S/C17H25N5S.HI/c1-14-6-7-15(16(12-14)23-3)13-20-17(18-2)19-8-4-10-22-11-5-9-21-22;/h5-7,9,11-12H,4,8,10,13H2,1-3H3,(H2,18,19,20);1H. The molecule has 1 aromatic heterocycles. The third kappa shape index (κ3) is 6.72. The van der Waals surface area contributed by atoms with Gasteiger partial charge in [0.25, 0.3) is 0 Å². The second-order valence-electron chi connectivity index (χ2n) is 5.29. The van der Waals surface area contributed by atoms with Gasteiger partial charge in [-0.2, -0.15) is 5.10 Å². The Hall–Kier alpha value is -1.22. The van der Waals surface area contributed by atoms with Crippen LogP contribution in [0.3, 0.4) is 0 Å². The molecule has 0 radical (unpaired) electrons. The summed E-state index contributed by atoms with van der Waals surface area (Å²) in [5.74, 6) is 0.832. The largest absolute Gasteiger partial charge is 0.356 e. The van der Waals surface area contributed by atoms with Crippen LogP contribution in [0.4, 0.5) is 0 Å². The summed E-state index contributed by atoms with van der Waals surface area (Å²) in [4.78, 5) is 5.59. The van der Waals surface area contributed by atoms with Gasteiger partial charge in [0.15, 0.2) is 5.96 Å². The normalized spacial score (nSPS) is 11.0. The zero-order valence-electron chi connectivity index (χ0n) is 14.5. The van der Waals surface area contributed by atoms with E-state index in [9.17, 15) is 0 Å². The van der Waals surface area contributed by atoms with Crippen molar-refractivity contribution in [3.63, 3.8) is 0 Å². The Morgan fingerprint density at radius 3 is 2.83 bits per heavy atom. The second-order valence-corrected chi connectivity index (χ2v) is 6.14. The minimum absolute atomic E-state index is 0. The molecule has 0 aliphatic carbocycles. The van der Waals surface area contributed by atoms with Gasteiger partial charge >= 0.3 is 0 Å². The molecule has 0 atom stereocenters. The Labute approximate surface area is 165 Å². The molecule has 0 saturated carbocycles. The second kappa shape index (κ2) is 11.4. The maximum atomic E-state index is 4.28. The number of aryl methyl sites for hydroxylation is 2. The SMILES string of the molecule is CN=C(NCCCn1cccn1)NCc1ccc(C)cc1SC.I. The summed E-state index contributed by atoms with van der Waals surface area (Å²) in [5, 5.41) is 10.9. The molecule has 0 amide bonds. The van der Waals surface area contributed by atoms with Crippen LogP contribution in [0.5, 0.6) is 0 Å². The van der Waals surface area contributed by atoms with E-state index >= 15 is 0 Å². The Morgan fingerprint density at radius 1 is 1.33 bits per heavy atom. The molecule has 0 unspecified atom stereocenters. The molecule has 0 saturated heterocycles. The number of benzene rings is 1. The van der Waals surface area contributed by atoms with E-state index in [1.807, 2.05) is 16.9 Å². The summed E-state index contributed by atoms with van der Waals surface area (Å²) in [7, 11) is 1.80. The molecule has 0 aliphatic rings. The maximum Gasteiger partial charge on any atom is 0.191 e. The Bertz CT molecular complexity index is 628. The molecular weight excluding hydrogens is 433 g/mol. The van der Waals surface area contributed by atoms with Gasteiger partial charge in [-0.25, -0.2) is 0 Å². The van der Waals surface area contributed by atoms with Crippen LogP contribution in [0.1, 0.15) is 17.5 Å². The molecule has 2 N–H and O–H groups in total. The fraction of sp³-hybridized carbons (Fsp3) is 0.412. The molecule has 0 bridgehead atoms. The number of hydrogen-bond acceptors (Lipinski definition) is 3. The van der Waals surface area contributed by atoms with Gasteiger partial charge in [0.2, 0.25) is 0 Å². The van der Waals surface area contributed by atoms with Gasteiger partial charge in [0.1, 0.15) is 0 Å².